The number of carbonyl (C=O) groups excluding carboxylic acids is 1. The Morgan fingerprint density at radius 3 is 2.15 bits per heavy atom. The first-order valence-electron chi connectivity index (χ1n) is 8.70. The van der Waals surface area contributed by atoms with Gasteiger partial charge in [-0.2, -0.15) is 9.40 Å². The van der Waals surface area contributed by atoms with Crippen molar-refractivity contribution in [1.82, 2.24) is 19.0 Å². The molecule has 0 aliphatic rings. The van der Waals surface area contributed by atoms with E-state index in [-0.39, 0.29) is 17.3 Å². The molecule has 2 rings (SSSR count). The summed E-state index contributed by atoms with van der Waals surface area (Å²) >= 11 is 0. The minimum Gasteiger partial charge on any atom is -0.339 e. The number of carbonyl (C=O) groups is 1. The first-order chi connectivity index (χ1) is 12.3. The van der Waals surface area contributed by atoms with Crippen LogP contribution < -0.4 is 0 Å². The van der Waals surface area contributed by atoms with E-state index < -0.39 is 10.0 Å². The van der Waals surface area contributed by atoms with E-state index in [1.54, 1.807) is 48.1 Å². The van der Waals surface area contributed by atoms with Gasteiger partial charge in [0.2, 0.25) is 10.0 Å². The molecule has 0 saturated heterocycles. The Kier molecular flexibility index (Phi) is 6.55. The van der Waals surface area contributed by atoms with Crippen LogP contribution in [0.5, 0.6) is 0 Å². The number of hydrogen-bond donors (Lipinski definition) is 0. The summed E-state index contributed by atoms with van der Waals surface area (Å²) in [5.41, 5.74) is 1.31. The Balaban J connectivity index is 2.23. The van der Waals surface area contributed by atoms with E-state index in [4.69, 9.17) is 0 Å². The molecule has 2 aromatic rings. The standard InChI is InChI=1S/C18H26N4O3S/c1-5-21(6-2)18(23)16-8-10-17(11-9-16)26(24,25)22(7-3)14-15-12-19-20(4)13-15/h8-13H,5-7,14H2,1-4H3. The van der Waals surface area contributed by atoms with E-state index in [9.17, 15) is 13.2 Å². The Labute approximate surface area is 155 Å². The van der Waals surface area contributed by atoms with E-state index in [1.165, 1.54) is 16.4 Å². The number of benzene rings is 1. The van der Waals surface area contributed by atoms with Crippen molar-refractivity contribution in [1.29, 1.82) is 0 Å². The minimum atomic E-state index is -3.64. The molecule has 0 atom stereocenters. The Bertz CT molecular complexity index is 840. The number of rotatable bonds is 8. The first kappa shape index (κ1) is 20.1. The molecule has 0 saturated carbocycles. The zero-order valence-electron chi connectivity index (χ0n) is 15.7. The number of aromatic nitrogens is 2. The van der Waals surface area contributed by atoms with Crippen LogP contribution in [0.25, 0.3) is 0 Å². The number of aryl methyl sites for hydroxylation is 1. The van der Waals surface area contributed by atoms with Crippen molar-refractivity contribution < 1.29 is 13.2 Å². The monoisotopic (exact) mass is 378 g/mol. The predicted octanol–water partition coefficient (Wildman–Crippen LogP) is 2.11. The van der Waals surface area contributed by atoms with Gasteiger partial charge in [-0.3, -0.25) is 9.48 Å². The molecule has 26 heavy (non-hydrogen) atoms. The van der Waals surface area contributed by atoms with Crippen molar-refractivity contribution in [3.63, 3.8) is 0 Å². The second kappa shape index (κ2) is 8.46. The van der Waals surface area contributed by atoms with Crippen molar-refractivity contribution in [3.8, 4) is 0 Å². The topological polar surface area (TPSA) is 75.5 Å². The molecule has 0 aliphatic heterocycles. The molecule has 1 heterocycles. The van der Waals surface area contributed by atoms with Crippen LogP contribution in [0, 0.1) is 0 Å². The lowest BCUT2D eigenvalue weighted by molar-refractivity contribution is 0.0773. The van der Waals surface area contributed by atoms with Gasteiger partial charge in [-0.25, -0.2) is 8.42 Å². The third-order valence-electron chi connectivity index (χ3n) is 4.26. The average molecular weight is 378 g/mol. The maximum Gasteiger partial charge on any atom is 0.253 e. The quantitative estimate of drug-likeness (QED) is 0.705. The lowest BCUT2D eigenvalue weighted by Crippen LogP contribution is -2.31. The van der Waals surface area contributed by atoms with Crippen molar-refractivity contribution >= 4 is 15.9 Å². The Hall–Kier alpha value is -2.19. The first-order valence-corrected chi connectivity index (χ1v) is 10.1. The van der Waals surface area contributed by atoms with E-state index in [0.29, 0.717) is 25.2 Å². The molecule has 0 bridgehead atoms. The summed E-state index contributed by atoms with van der Waals surface area (Å²) in [6.45, 7) is 7.46. The SMILES string of the molecule is CCN(CC)C(=O)c1ccc(S(=O)(=O)N(CC)Cc2cnn(C)c2)cc1. The fraction of sp³-hybridized carbons (Fsp3) is 0.444. The second-order valence-corrected chi connectivity index (χ2v) is 7.89. The van der Waals surface area contributed by atoms with Gasteiger partial charge >= 0.3 is 0 Å². The molecule has 0 spiro atoms. The van der Waals surface area contributed by atoms with Gasteiger partial charge in [-0.05, 0) is 38.1 Å². The zero-order chi connectivity index (χ0) is 19.3. The lowest BCUT2D eigenvalue weighted by Gasteiger charge is -2.21. The molecule has 142 valence electrons. The Morgan fingerprint density at radius 2 is 1.69 bits per heavy atom. The summed E-state index contributed by atoms with van der Waals surface area (Å²) in [7, 11) is -1.85. The third-order valence-corrected chi connectivity index (χ3v) is 6.19. The van der Waals surface area contributed by atoms with Crippen LogP contribution >= 0.6 is 0 Å². The van der Waals surface area contributed by atoms with Crippen molar-refractivity contribution in [2.45, 2.75) is 32.2 Å². The molecule has 0 N–H and O–H groups in total. The number of sulfonamides is 1. The van der Waals surface area contributed by atoms with E-state index in [0.717, 1.165) is 5.56 Å². The van der Waals surface area contributed by atoms with Gasteiger partial charge in [-0.15, -0.1) is 0 Å². The highest BCUT2D eigenvalue weighted by molar-refractivity contribution is 7.89. The summed E-state index contributed by atoms with van der Waals surface area (Å²) in [6.07, 6.45) is 3.45. The third kappa shape index (κ3) is 4.31. The molecular formula is C18H26N4O3S. The van der Waals surface area contributed by atoms with Crippen LogP contribution in [-0.2, 0) is 23.6 Å². The van der Waals surface area contributed by atoms with Gasteiger partial charge in [0.15, 0.2) is 0 Å². The van der Waals surface area contributed by atoms with Crippen LogP contribution in [0.4, 0.5) is 0 Å². The second-order valence-electron chi connectivity index (χ2n) is 5.96. The molecule has 1 amide bonds. The van der Waals surface area contributed by atoms with Gasteiger partial charge in [0.25, 0.3) is 5.91 Å². The van der Waals surface area contributed by atoms with Gasteiger partial charge in [0.1, 0.15) is 0 Å². The molecule has 1 aromatic heterocycles. The van der Waals surface area contributed by atoms with E-state index in [1.807, 2.05) is 13.8 Å². The number of hydrogen-bond acceptors (Lipinski definition) is 4. The van der Waals surface area contributed by atoms with Crippen molar-refractivity contribution in [3.05, 3.63) is 47.8 Å². The summed E-state index contributed by atoms with van der Waals surface area (Å²) < 4.78 is 28.8. The number of amides is 1. The highest BCUT2D eigenvalue weighted by atomic mass is 32.2. The van der Waals surface area contributed by atoms with Crippen molar-refractivity contribution in [2.24, 2.45) is 7.05 Å². The zero-order valence-corrected chi connectivity index (χ0v) is 16.5. The lowest BCUT2D eigenvalue weighted by atomic mass is 10.2. The van der Waals surface area contributed by atoms with Gasteiger partial charge < -0.3 is 4.90 Å². The molecule has 0 radical (unpaired) electrons. The summed E-state index contributed by atoms with van der Waals surface area (Å²) in [6, 6.07) is 6.15. The average Bonchev–Trinajstić information content (AvgIpc) is 3.05. The highest BCUT2D eigenvalue weighted by Gasteiger charge is 2.24. The molecule has 1 aromatic carbocycles. The molecule has 0 fully saturated rings. The largest absolute Gasteiger partial charge is 0.339 e. The fourth-order valence-electron chi connectivity index (χ4n) is 2.74. The molecule has 0 aliphatic carbocycles. The van der Waals surface area contributed by atoms with Crippen LogP contribution in [0.2, 0.25) is 0 Å². The fourth-order valence-corrected chi connectivity index (χ4v) is 4.17. The normalized spacial score (nSPS) is 11.7. The molecule has 7 nitrogen and oxygen atoms in total. The van der Waals surface area contributed by atoms with Crippen LogP contribution in [-0.4, -0.2) is 52.9 Å². The van der Waals surface area contributed by atoms with E-state index in [2.05, 4.69) is 5.10 Å². The van der Waals surface area contributed by atoms with Gasteiger partial charge in [0.05, 0.1) is 11.1 Å². The van der Waals surface area contributed by atoms with Crippen LogP contribution in [0.3, 0.4) is 0 Å². The summed E-state index contributed by atoms with van der Waals surface area (Å²) in [5, 5.41) is 4.08. The predicted molar refractivity (Wildman–Crippen MR) is 100 cm³/mol. The maximum absolute atomic E-state index is 12.9. The van der Waals surface area contributed by atoms with E-state index >= 15 is 0 Å². The summed E-state index contributed by atoms with van der Waals surface area (Å²) in [5.74, 6) is -0.0957. The van der Waals surface area contributed by atoms with Gasteiger partial charge in [0, 0.05) is 50.6 Å². The maximum atomic E-state index is 12.9. The molecular weight excluding hydrogens is 352 g/mol. The van der Waals surface area contributed by atoms with Crippen LogP contribution in [0.15, 0.2) is 41.6 Å². The summed E-state index contributed by atoms with van der Waals surface area (Å²) in [4.78, 5) is 14.2. The molecule has 0 unspecified atom stereocenters. The Morgan fingerprint density at radius 1 is 1.08 bits per heavy atom. The molecule has 8 heteroatoms. The highest BCUT2D eigenvalue weighted by Crippen LogP contribution is 2.19. The minimum absolute atomic E-state index is 0.0957. The smallest absolute Gasteiger partial charge is 0.253 e. The van der Waals surface area contributed by atoms with Crippen molar-refractivity contribution in [2.75, 3.05) is 19.6 Å². The number of nitrogens with zero attached hydrogens (tertiary/aromatic N) is 4. The van der Waals surface area contributed by atoms with Gasteiger partial charge in [-0.1, -0.05) is 6.92 Å². The van der Waals surface area contributed by atoms with Crippen LogP contribution in [0.1, 0.15) is 36.7 Å².